The lowest BCUT2D eigenvalue weighted by Gasteiger charge is -2.12. The maximum atomic E-state index is 5.29. The number of benzene rings is 8. The molecule has 3 heterocycles. The Hall–Kier alpha value is -7.21. The Bertz CT molecular complexity index is 3440. The third-order valence-electron chi connectivity index (χ3n) is 12.7. The van der Waals surface area contributed by atoms with Crippen molar-refractivity contribution < 1.29 is 0 Å². The molecule has 11 rings (SSSR count). The molecular weight excluding hydrogens is 797 g/mol. The molecular formula is C59H48N4S. The van der Waals surface area contributed by atoms with Crippen LogP contribution in [0.3, 0.4) is 0 Å². The fourth-order valence-electron chi connectivity index (χ4n) is 9.17. The quantitative estimate of drug-likeness (QED) is 0.123. The first kappa shape index (κ1) is 39.6. The molecule has 0 amide bonds. The molecule has 0 N–H and O–H groups in total. The summed E-state index contributed by atoms with van der Waals surface area (Å²) in [6.07, 6.45) is 7.10. The zero-order chi connectivity index (χ0) is 43.0. The maximum absolute atomic E-state index is 5.29. The van der Waals surface area contributed by atoms with Crippen LogP contribution in [-0.2, 0) is 12.8 Å². The second-order valence-corrected chi connectivity index (χ2v) is 18.0. The van der Waals surface area contributed by atoms with Gasteiger partial charge in [0.2, 0.25) is 5.95 Å². The molecule has 4 nitrogen and oxygen atoms in total. The summed E-state index contributed by atoms with van der Waals surface area (Å²) in [5.41, 5.74) is 14.0. The molecule has 0 saturated heterocycles. The Morgan fingerprint density at radius 2 is 0.953 bits per heavy atom. The summed E-state index contributed by atoms with van der Waals surface area (Å²) >= 11 is 1.87. The van der Waals surface area contributed by atoms with Gasteiger partial charge in [0.1, 0.15) is 0 Å². The van der Waals surface area contributed by atoms with Crippen LogP contribution in [0.25, 0.3) is 104 Å². The lowest BCUT2D eigenvalue weighted by atomic mass is 9.98. The molecule has 8 aromatic carbocycles. The summed E-state index contributed by atoms with van der Waals surface area (Å²) in [4.78, 5) is 15.6. The monoisotopic (exact) mass is 844 g/mol. The molecule has 0 saturated carbocycles. The van der Waals surface area contributed by atoms with Crippen molar-refractivity contribution in [3.63, 3.8) is 0 Å². The Labute approximate surface area is 378 Å². The van der Waals surface area contributed by atoms with Gasteiger partial charge in [-0.25, -0.2) is 4.98 Å². The molecule has 0 atom stereocenters. The summed E-state index contributed by atoms with van der Waals surface area (Å²) < 4.78 is 4.81. The number of hydrogen-bond acceptors (Lipinski definition) is 4. The molecule has 0 unspecified atom stereocenters. The number of rotatable bonds is 12. The number of hydrogen-bond donors (Lipinski definition) is 0. The SMILES string of the molecule is CCCCc1ccc(-c2ccc(-c3nc(-c4ccccc4)nc(-n4c5ccccc5c5ccc(-c6cccc7c6sc6ccc(-c8ccc(CCCC)cc8)cc67)cc54)n3)cc2)cc1. The zero-order valence-corrected chi connectivity index (χ0v) is 37.1. The summed E-state index contributed by atoms with van der Waals surface area (Å²) in [6.45, 7) is 4.49. The molecule has 0 aliphatic heterocycles. The zero-order valence-electron chi connectivity index (χ0n) is 36.3. The number of aromatic nitrogens is 4. The van der Waals surface area contributed by atoms with Gasteiger partial charge >= 0.3 is 0 Å². The maximum Gasteiger partial charge on any atom is 0.238 e. The number of thiophene rings is 1. The summed E-state index contributed by atoms with van der Waals surface area (Å²) in [5, 5.41) is 4.89. The molecule has 310 valence electrons. The Morgan fingerprint density at radius 1 is 0.406 bits per heavy atom. The largest absolute Gasteiger partial charge is 0.278 e. The van der Waals surface area contributed by atoms with E-state index in [2.05, 4.69) is 182 Å². The van der Waals surface area contributed by atoms with Crippen molar-refractivity contribution in [2.45, 2.75) is 52.4 Å². The molecule has 5 heteroatoms. The van der Waals surface area contributed by atoms with Crippen LogP contribution in [-0.4, -0.2) is 19.5 Å². The van der Waals surface area contributed by atoms with Gasteiger partial charge in [-0.15, -0.1) is 11.3 Å². The van der Waals surface area contributed by atoms with Crippen LogP contribution < -0.4 is 0 Å². The van der Waals surface area contributed by atoms with Crippen molar-refractivity contribution in [1.82, 2.24) is 19.5 Å². The van der Waals surface area contributed by atoms with Crippen molar-refractivity contribution in [3.05, 3.63) is 193 Å². The second-order valence-electron chi connectivity index (χ2n) is 16.9. The minimum atomic E-state index is 0.588. The van der Waals surface area contributed by atoms with Crippen LogP contribution >= 0.6 is 11.3 Å². The minimum Gasteiger partial charge on any atom is -0.278 e. The van der Waals surface area contributed by atoms with Gasteiger partial charge in [-0.2, -0.15) is 9.97 Å². The third-order valence-corrected chi connectivity index (χ3v) is 13.9. The van der Waals surface area contributed by atoms with Crippen LogP contribution in [0.15, 0.2) is 182 Å². The first-order valence-electron chi connectivity index (χ1n) is 22.7. The predicted octanol–water partition coefficient (Wildman–Crippen LogP) is 16.4. The van der Waals surface area contributed by atoms with Crippen LogP contribution in [0.1, 0.15) is 50.7 Å². The van der Waals surface area contributed by atoms with Crippen LogP contribution in [0, 0.1) is 0 Å². The fourth-order valence-corrected chi connectivity index (χ4v) is 10.4. The first-order valence-corrected chi connectivity index (χ1v) is 23.5. The minimum absolute atomic E-state index is 0.588. The van der Waals surface area contributed by atoms with E-state index in [4.69, 9.17) is 15.0 Å². The van der Waals surface area contributed by atoms with Gasteiger partial charge in [-0.05, 0) is 94.5 Å². The molecule has 64 heavy (non-hydrogen) atoms. The molecule has 0 aliphatic rings. The Kier molecular flexibility index (Phi) is 10.6. The molecule has 0 bridgehead atoms. The normalized spacial score (nSPS) is 11.7. The highest BCUT2D eigenvalue weighted by Crippen LogP contribution is 2.43. The van der Waals surface area contributed by atoms with E-state index in [-0.39, 0.29) is 0 Å². The van der Waals surface area contributed by atoms with Crippen LogP contribution in [0.4, 0.5) is 0 Å². The number of unbranched alkanes of at least 4 members (excludes halogenated alkanes) is 2. The molecule has 0 spiro atoms. The Morgan fingerprint density at radius 3 is 1.64 bits per heavy atom. The van der Waals surface area contributed by atoms with E-state index in [1.807, 2.05) is 29.5 Å². The molecule has 0 radical (unpaired) electrons. The second kappa shape index (κ2) is 17.2. The van der Waals surface area contributed by atoms with E-state index in [9.17, 15) is 0 Å². The third kappa shape index (κ3) is 7.46. The number of para-hydroxylation sites is 1. The summed E-state index contributed by atoms with van der Waals surface area (Å²) in [6, 6.07) is 66.1. The average Bonchev–Trinajstić information content (AvgIpc) is 3.91. The number of aryl methyl sites for hydroxylation is 2. The van der Waals surface area contributed by atoms with Gasteiger partial charge in [0.25, 0.3) is 0 Å². The van der Waals surface area contributed by atoms with Crippen LogP contribution in [0.5, 0.6) is 0 Å². The van der Waals surface area contributed by atoms with Crippen molar-refractivity contribution in [2.75, 3.05) is 0 Å². The standard InChI is InChI=1S/C59H48N4S/c1-3-5-13-39-21-25-41(26-22-39)42-29-31-45(32-30-42)58-60-57(44-15-8-7-9-16-44)61-59(62-58)63-53-20-11-10-17-49(53)50-35-33-47(38-54(50)63)48-18-12-19-51-52-37-46(34-36-55(52)64-56(48)51)43-27-23-40(24-28-43)14-6-4-2/h7-12,15-38H,3-6,13-14H2,1-2H3. The molecule has 11 aromatic rings. The van der Waals surface area contributed by atoms with E-state index in [1.54, 1.807) is 0 Å². The molecule has 0 aliphatic carbocycles. The van der Waals surface area contributed by atoms with E-state index in [0.29, 0.717) is 17.6 Å². The fraction of sp³-hybridized carbons (Fsp3) is 0.136. The number of nitrogens with zero attached hydrogens (tertiary/aromatic N) is 4. The van der Waals surface area contributed by atoms with Gasteiger partial charge in [0.15, 0.2) is 11.6 Å². The van der Waals surface area contributed by atoms with E-state index in [0.717, 1.165) is 51.3 Å². The predicted molar refractivity (Wildman–Crippen MR) is 271 cm³/mol. The van der Waals surface area contributed by atoms with E-state index >= 15 is 0 Å². The van der Waals surface area contributed by atoms with E-state index < -0.39 is 0 Å². The first-order chi connectivity index (χ1) is 31.6. The van der Waals surface area contributed by atoms with Crippen molar-refractivity contribution >= 4 is 53.3 Å². The highest BCUT2D eigenvalue weighted by molar-refractivity contribution is 7.26. The van der Waals surface area contributed by atoms with Crippen LogP contribution in [0.2, 0.25) is 0 Å². The highest BCUT2D eigenvalue weighted by Gasteiger charge is 2.20. The topological polar surface area (TPSA) is 43.6 Å². The smallest absolute Gasteiger partial charge is 0.238 e. The van der Waals surface area contributed by atoms with Crippen molar-refractivity contribution in [3.8, 4) is 62.1 Å². The number of fused-ring (bicyclic) bond motifs is 6. The van der Waals surface area contributed by atoms with Gasteiger partial charge in [-0.1, -0.05) is 184 Å². The van der Waals surface area contributed by atoms with Crippen molar-refractivity contribution in [1.29, 1.82) is 0 Å². The van der Waals surface area contributed by atoms with Gasteiger partial charge in [0, 0.05) is 42.1 Å². The van der Waals surface area contributed by atoms with Gasteiger partial charge in [-0.3, -0.25) is 4.57 Å². The summed E-state index contributed by atoms with van der Waals surface area (Å²) in [7, 11) is 0. The average molecular weight is 845 g/mol. The Balaban J connectivity index is 1.02. The van der Waals surface area contributed by atoms with Crippen molar-refractivity contribution in [2.24, 2.45) is 0 Å². The van der Waals surface area contributed by atoms with E-state index in [1.165, 1.54) is 84.8 Å². The highest BCUT2D eigenvalue weighted by atomic mass is 32.1. The molecule has 3 aromatic heterocycles. The molecule has 0 fully saturated rings. The summed E-state index contributed by atoms with van der Waals surface area (Å²) in [5.74, 6) is 1.86. The lowest BCUT2D eigenvalue weighted by Crippen LogP contribution is -2.06. The lowest BCUT2D eigenvalue weighted by molar-refractivity contribution is 0.795. The van der Waals surface area contributed by atoms with Gasteiger partial charge < -0.3 is 0 Å². The van der Waals surface area contributed by atoms with Gasteiger partial charge in [0.05, 0.1) is 11.0 Å².